The highest BCUT2D eigenvalue weighted by molar-refractivity contribution is 6.02. The minimum atomic E-state index is -0.746. The van der Waals surface area contributed by atoms with Crippen molar-refractivity contribution in [1.82, 2.24) is 10.3 Å². The molecule has 9 nitrogen and oxygen atoms in total. The zero-order valence-electron chi connectivity index (χ0n) is 15.9. The average Bonchev–Trinajstić information content (AvgIpc) is 3.15. The Hall–Kier alpha value is -4.01. The first-order valence-electron chi connectivity index (χ1n) is 9.29. The average molecular weight is 409 g/mol. The summed E-state index contributed by atoms with van der Waals surface area (Å²) in [4.78, 5) is 39.0. The Morgan fingerprint density at radius 2 is 1.83 bits per heavy atom. The number of benzene rings is 2. The molecule has 0 aliphatic carbocycles. The number of carbonyl (C=O) groups excluding carboxylic acids is 3. The van der Waals surface area contributed by atoms with Gasteiger partial charge in [-0.1, -0.05) is 18.2 Å². The lowest BCUT2D eigenvalue weighted by Gasteiger charge is -2.19. The molecule has 9 heteroatoms. The molecule has 0 atom stereocenters. The summed E-state index contributed by atoms with van der Waals surface area (Å²) >= 11 is 0. The van der Waals surface area contributed by atoms with Crippen LogP contribution in [0.5, 0.6) is 11.5 Å². The summed E-state index contributed by atoms with van der Waals surface area (Å²) in [7, 11) is 0. The first kappa shape index (κ1) is 19.3. The van der Waals surface area contributed by atoms with Gasteiger partial charge in [-0.2, -0.15) is 0 Å². The normalized spacial score (nSPS) is 12.3. The minimum Gasteiger partial charge on any atom is -0.486 e. The van der Waals surface area contributed by atoms with Gasteiger partial charge in [0.05, 0.1) is 6.42 Å². The molecule has 2 aromatic carbocycles. The van der Waals surface area contributed by atoms with Crippen LogP contribution in [0.2, 0.25) is 0 Å². The van der Waals surface area contributed by atoms with Crippen molar-refractivity contribution in [3.63, 3.8) is 0 Å². The molecular formula is C21H19N3O6. The molecule has 3 amide bonds. The number of anilines is 1. The second-order valence-corrected chi connectivity index (χ2v) is 6.56. The van der Waals surface area contributed by atoms with E-state index in [1.807, 2.05) is 24.3 Å². The number of hydrogen-bond donors (Lipinski definition) is 3. The van der Waals surface area contributed by atoms with Gasteiger partial charge in [-0.3, -0.25) is 14.9 Å². The summed E-state index contributed by atoms with van der Waals surface area (Å²) in [6.07, 6.45) is 1.74. The molecule has 0 saturated carbocycles. The first-order valence-corrected chi connectivity index (χ1v) is 9.29. The molecule has 0 spiro atoms. The van der Waals surface area contributed by atoms with E-state index in [2.05, 4.69) is 15.6 Å². The van der Waals surface area contributed by atoms with E-state index in [9.17, 15) is 14.4 Å². The third-order valence-electron chi connectivity index (χ3n) is 4.43. The molecule has 0 fully saturated rings. The standard InChI is InChI=1S/C21H19N3O6/c25-19(12-30-20(26)9-13-11-22-16-4-2-1-3-15(13)16)24-21(27)23-14-5-6-17-18(10-14)29-8-7-28-17/h1-6,10-11,22H,7-9,12H2,(H2,23,24,25,27). The number of amides is 3. The molecule has 154 valence electrons. The molecule has 1 aliphatic rings. The lowest BCUT2D eigenvalue weighted by atomic mass is 10.1. The predicted octanol–water partition coefficient (Wildman–Crippen LogP) is 2.37. The van der Waals surface area contributed by atoms with E-state index in [0.29, 0.717) is 30.4 Å². The van der Waals surface area contributed by atoms with Gasteiger partial charge in [0, 0.05) is 28.9 Å². The smallest absolute Gasteiger partial charge is 0.325 e. The van der Waals surface area contributed by atoms with Crippen LogP contribution in [0.3, 0.4) is 0 Å². The number of carbonyl (C=O) groups is 3. The van der Waals surface area contributed by atoms with Crippen molar-refractivity contribution < 1.29 is 28.6 Å². The first-order chi connectivity index (χ1) is 14.6. The second kappa shape index (κ2) is 8.56. The third kappa shape index (κ3) is 4.52. The largest absolute Gasteiger partial charge is 0.486 e. The fraction of sp³-hybridized carbons (Fsp3) is 0.190. The molecule has 0 bridgehead atoms. The van der Waals surface area contributed by atoms with E-state index >= 15 is 0 Å². The molecule has 1 aliphatic heterocycles. The molecule has 3 aromatic rings. The Bertz CT molecular complexity index is 1110. The van der Waals surface area contributed by atoms with E-state index in [0.717, 1.165) is 16.5 Å². The number of aromatic amines is 1. The van der Waals surface area contributed by atoms with Gasteiger partial charge in [0.15, 0.2) is 18.1 Å². The van der Waals surface area contributed by atoms with Gasteiger partial charge in [-0.15, -0.1) is 0 Å². The monoisotopic (exact) mass is 409 g/mol. The molecule has 4 rings (SSSR count). The number of esters is 1. The number of fused-ring (bicyclic) bond motifs is 2. The van der Waals surface area contributed by atoms with Gasteiger partial charge in [-0.05, 0) is 23.8 Å². The van der Waals surface area contributed by atoms with Crippen LogP contribution in [0, 0.1) is 0 Å². The Balaban J connectivity index is 1.24. The molecule has 3 N–H and O–H groups in total. The fourth-order valence-electron chi connectivity index (χ4n) is 3.08. The molecule has 0 unspecified atom stereocenters. The van der Waals surface area contributed by atoms with Gasteiger partial charge < -0.3 is 24.5 Å². The summed E-state index contributed by atoms with van der Waals surface area (Å²) in [6.45, 7) is 0.328. The van der Waals surface area contributed by atoms with Crippen molar-refractivity contribution in [3.05, 3.63) is 54.2 Å². The van der Waals surface area contributed by atoms with E-state index < -0.39 is 24.5 Å². The van der Waals surface area contributed by atoms with Crippen molar-refractivity contribution in [2.75, 3.05) is 25.1 Å². The lowest BCUT2D eigenvalue weighted by molar-refractivity contribution is -0.147. The number of aromatic nitrogens is 1. The van der Waals surface area contributed by atoms with Gasteiger partial charge in [0.2, 0.25) is 0 Å². The Morgan fingerprint density at radius 3 is 2.70 bits per heavy atom. The van der Waals surface area contributed by atoms with E-state index in [-0.39, 0.29) is 6.42 Å². The highest BCUT2D eigenvalue weighted by Crippen LogP contribution is 2.32. The van der Waals surface area contributed by atoms with Crippen molar-refractivity contribution in [1.29, 1.82) is 0 Å². The van der Waals surface area contributed by atoms with E-state index in [1.165, 1.54) is 0 Å². The Morgan fingerprint density at radius 1 is 1.03 bits per heavy atom. The maximum Gasteiger partial charge on any atom is 0.325 e. The zero-order valence-corrected chi connectivity index (χ0v) is 15.9. The van der Waals surface area contributed by atoms with Crippen LogP contribution in [-0.4, -0.2) is 42.7 Å². The van der Waals surface area contributed by atoms with E-state index in [1.54, 1.807) is 24.4 Å². The molecule has 0 saturated heterocycles. The molecular weight excluding hydrogens is 390 g/mol. The predicted molar refractivity (Wildman–Crippen MR) is 108 cm³/mol. The van der Waals surface area contributed by atoms with Gasteiger partial charge in [0.1, 0.15) is 13.2 Å². The van der Waals surface area contributed by atoms with Gasteiger partial charge in [-0.25, -0.2) is 4.79 Å². The fourth-order valence-corrected chi connectivity index (χ4v) is 3.08. The van der Waals surface area contributed by atoms with Crippen LogP contribution in [0.1, 0.15) is 5.56 Å². The third-order valence-corrected chi connectivity index (χ3v) is 4.43. The van der Waals surface area contributed by atoms with Crippen molar-refractivity contribution in [3.8, 4) is 11.5 Å². The van der Waals surface area contributed by atoms with Crippen LogP contribution in [0.25, 0.3) is 10.9 Å². The maximum atomic E-state index is 12.0. The van der Waals surface area contributed by atoms with E-state index in [4.69, 9.17) is 14.2 Å². The zero-order chi connectivity index (χ0) is 20.9. The highest BCUT2D eigenvalue weighted by Gasteiger charge is 2.15. The molecule has 2 heterocycles. The Kier molecular flexibility index (Phi) is 5.51. The number of ether oxygens (including phenoxy) is 3. The Labute approximate surface area is 171 Å². The van der Waals surface area contributed by atoms with Crippen LogP contribution in [-0.2, 0) is 20.7 Å². The molecule has 1 aromatic heterocycles. The van der Waals surface area contributed by atoms with Crippen molar-refractivity contribution in [2.24, 2.45) is 0 Å². The van der Waals surface area contributed by atoms with Crippen LogP contribution < -0.4 is 20.1 Å². The number of nitrogens with one attached hydrogen (secondary N) is 3. The summed E-state index contributed by atoms with van der Waals surface area (Å²) in [6, 6.07) is 11.7. The minimum absolute atomic E-state index is 0.0146. The van der Waals surface area contributed by atoms with Crippen molar-refractivity contribution in [2.45, 2.75) is 6.42 Å². The van der Waals surface area contributed by atoms with Gasteiger partial charge >= 0.3 is 12.0 Å². The van der Waals surface area contributed by atoms with Crippen molar-refractivity contribution >= 4 is 34.5 Å². The topological polar surface area (TPSA) is 119 Å². The summed E-state index contributed by atoms with van der Waals surface area (Å²) in [5, 5.41) is 5.54. The molecule has 30 heavy (non-hydrogen) atoms. The number of urea groups is 1. The van der Waals surface area contributed by atoms with Crippen LogP contribution >= 0.6 is 0 Å². The number of H-pyrrole nitrogens is 1. The summed E-state index contributed by atoms with van der Waals surface area (Å²) < 4.78 is 15.8. The number of para-hydroxylation sites is 1. The number of rotatable bonds is 5. The number of hydrogen-bond acceptors (Lipinski definition) is 6. The lowest BCUT2D eigenvalue weighted by Crippen LogP contribution is -2.37. The molecule has 0 radical (unpaired) electrons. The highest BCUT2D eigenvalue weighted by atomic mass is 16.6. The summed E-state index contributed by atoms with van der Waals surface area (Å²) in [5.74, 6) is -0.207. The van der Waals surface area contributed by atoms with Crippen LogP contribution in [0.4, 0.5) is 10.5 Å². The van der Waals surface area contributed by atoms with Gasteiger partial charge in [0.25, 0.3) is 5.91 Å². The SMILES string of the molecule is O=C(COC(=O)Cc1c[nH]c2ccccc12)NC(=O)Nc1ccc2c(c1)OCCO2. The summed E-state index contributed by atoms with van der Waals surface area (Å²) in [5.41, 5.74) is 2.11. The number of imide groups is 1. The maximum absolute atomic E-state index is 12.0. The van der Waals surface area contributed by atoms with Crippen LogP contribution in [0.15, 0.2) is 48.7 Å². The second-order valence-electron chi connectivity index (χ2n) is 6.56. The quantitative estimate of drug-likeness (QED) is 0.557.